The average molecular weight is 580 g/mol. The van der Waals surface area contributed by atoms with E-state index >= 15 is 0 Å². The zero-order chi connectivity index (χ0) is 29.1. The number of hydrazone groups is 1. The lowest BCUT2D eigenvalue weighted by Gasteiger charge is -2.11. The quantitative estimate of drug-likeness (QED) is 0.114. The SMILES string of the molecule is COc1ccc(-c2nnc(SCC(=O)N/N=C/c3cccc(OCc4ccccc4)c3)n2-c2ccc(OC)cc2)cc1. The molecule has 5 rings (SSSR count). The topological polar surface area (TPSA) is 99.9 Å². The van der Waals surface area contributed by atoms with Crippen molar-refractivity contribution in [2.45, 2.75) is 11.8 Å². The Bertz CT molecular complexity index is 1640. The molecule has 0 aliphatic rings. The summed E-state index contributed by atoms with van der Waals surface area (Å²) in [5.74, 6) is 2.65. The van der Waals surface area contributed by atoms with Crippen molar-refractivity contribution in [3.05, 3.63) is 114 Å². The molecule has 0 aliphatic carbocycles. The van der Waals surface area contributed by atoms with Gasteiger partial charge in [-0.15, -0.1) is 10.2 Å². The lowest BCUT2D eigenvalue weighted by molar-refractivity contribution is -0.118. The summed E-state index contributed by atoms with van der Waals surface area (Å²) in [6.07, 6.45) is 1.58. The maximum atomic E-state index is 12.7. The maximum Gasteiger partial charge on any atom is 0.250 e. The summed E-state index contributed by atoms with van der Waals surface area (Å²) in [5, 5.41) is 13.5. The Balaban J connectivity index is 1.24. The van der Waals surface area contributed by atoms with Crippen LogP contribution in [0.4, 0.5) is 0 Å². The molecule has 1 heterocycles. The van der Waals surface area contributed by atoms with Crippen LogP contribution in [0.5, 0.6) is 17.2 Å². The number of nitrogens with one attached hydrogen (secondary N) is 1. The van der Waals surface area contributed by atoms with E-state index in [0.29, 0.717) is 17.6 Å². The van der Waals surface area contributed by atoms with Crippen LogP contribution in [0.1, 0.15) is 11.1 Å². The fourth-order valence-corrected chi connectivity index (χ4v) is 4.77. The van der Waals surface area contributed by atoms with Gasteiger partial charge in [0.05, 0.1) is 26.2 Å². The van der Waals surface area contributed by atoms with E-state index in [4.69, 9.17) is 14.2 Å². The molecule has 0 saturated heterocycles. The molecule has 9 nitrogen and oxygen atoms in total. The van der Waals surface area contributed by atoms with Gasteiger partial charge in [-0.2, -0.15) is 5.10 Å². The Morgan fingerprint density at radius 2 is 1.57 bits per heavy atom. The van der Waals surface area contributed by atoms with Crippen LogP contribution in [0.3, 0.4) is 0 Å². The first-order chi connectivity index (χ1) is 20.6. The molecule has 0 aliphatic heterocycles. The second-order valence-electron chi connectivity index (χ2n) is 9.00. The highest BCUT2D eigenvalue weighted by Crippen LogP contribution is 2.29. The molecule has 1 aromatic heterocycles. The van der Waals surface area contributed by atoms with Gasteiger partial charge in [0, 0.05) is 11.3 Å². The summed E-state index contributed by atoms with van der Waals surface area (Å²) < 4.78 is 18.4. The van der Waals surface area contributed by atoms with E-state index in [1.165, 1.54) is 11.8 Å². The zero-order valence-electron chi connectivity index (χ0n) is 23.1. The normalized spacial score (nSPS) is 10.9. The van der Waals surface area contributed by atoms with Crippen molar-refractivity contribution in [1.82, 2.24) is 20.2 Å². The number of aromatic nitrogens is 3. The molecular weight excluding hydrogens is 550 g/mol. The minimum Gasteiger partial charge on any atom is -0.497 e. The average Bonchev–Trinajstić information content (AvgIpc) is 3.47. The number of amides is 1. The van der Waals surface area contributed by atoms with Crippen LogP contribution >= 0.6 is 11.8 Å². The molecule has 0 bridgehead atoms. The third-order valence-electron chi connectivity index (χ3n) is 6.15. The first-order valence-corrected chi connectivity index (χ1v) is 14.1. The minimum absolute atomic E-state index is 0.0917. The predicted octanol–water partition coefficient (Wildman–Crippen LogP) is 5.77. The van der Waals surface area contributed by atoms with E-state index in [9.17, 15) is 4.79 Å². The number of nitrogens with zero attached hydrogens (tertiary/aromatic N) is 4. The number of methoxy groups -OCH3 is 2. The molecule has 1 N–H and O–H groups in total. The Kier molecular flexibility index (Phi) is 9.48. The maximum absolute atomic E-state index is 12.7. The lowest BCUT2D eigenvalue weighted by Crippen LogP contribution is -2.20. The molecule has 0 spiro atoms. The Morgan fingerprint density at radius 3 is 2.29 bits per heavy atom. The molecule has 0 fully saturated rings. The van der Waals surface area contributed by atoms with Crippen molar-refractivity contribution in [3.8, 4) is 34.3 Å². The molecule has 1 amide bonds. The minimum atomic E-state index is -0.275. The number of carbonyl (C=O) groups is 1. The Hall–Kier alpha value is -5.09. The summed E-state index contributed by atoms with van der Waals surface area (Å²) >= 11 is 1.26. The number of hydrogen-bond donors (Lipinski definition) is 1. The fourth-order valence-electron chi connectivity index (χ4n) is 4.02. The third kappa shape index (κ3) is 7.35. The fraction of sp³-hybridized carbons (Fsp3) is 0.125. The summed E-state index contributed by atoms with van der Waals surface area (Å²) in [7, 11) is 3.24. The molecule has 0 atom stereocenters. The number of benzene rings is 4. The summed E-state index contributed by atoms with van der Waals surface area (Å²) in [5.41, 5.74) is 6.16. The lowest BCUT2D eigenvalue weighted by atomic mass is 10.2. The van der Waals surface area contributed by atoms with Crippen molar-refractivity contribution in [3.63, 3.8) is 0 Å². The van der Waals surface area contributed by atoms with Gasteiger partial charge in [-0.1, -0.05) is 54.2 Å². The van der Waals surface area contributed by atoms with Gasteiger partial charge >= 0.3 is 0 Å². The van der Waals surface area contributed by atoms with E-state index in [0.717, 1.165) is 39.6 Å². The number of ether oxygens (including phenoxy) is 3. The summed E-state index contributed by atoms with van der Waals surface area (Å²) in [6, 6.07) is 32.6. The monoisotopic (exact) mass is 579 g/mol. The van der Waals surface area contributed by atoms with Crippen molar-refractivity contribution >= 4 is 23.9 Å². The highest BCUT2D eigenvalue weighted by Gasteiger charge is 2.17. The molecular formula is C32H29N5O4S. The molecule has 0 saturated carbocycles. The van der Waals surface area contributed by atoms with Crippen LogP contribution in [0, 0.1) is 0 Å². The van der Waals surface area contributed by atoms with Gasteiger partial charge in [0.1, 0.15) is 23.9 Å². The van der Waals surface area contributed by atoms with Gasteiger partial charge in [0.15, 0.2) is 11.0 Å². The smallest absolute Gasteiger partial charge is 0.250 e. The molecule has 42 heavy (non-hydrogen) atoms. The van der Waals surface area contributed by atoms with E-state index < -0.39 is 0 Å². The van der Waals surface area contributed by atoms with Gasteiger partial charge in [0.25, 0.3) is 5.91 Å². The van der Waals surface area contributed by atoms with E-state index in [-0.39, 0.29) is 11.7 Å². The molecule has 10 heteroatoms. The Labute approximate surface area is 248 Å². The van der Waals surface area contributed by atoms with Crippen molar-refractivity contribution in [2.24, 2.45) is 5.10 Å². The molecule has 4 aromatic carbocycles. The Morgan fingerprint density at radius 1 is 0.857 bits per heavy atom. The first-order valence-electron chi connectivity index (χ1n) is 13.1. The van der Waals surface area contributed by atoms with Crippen molar-refractivity contribution in [2.75, 3.05) is 20.0 Å². The first kappa shape index (κ1) is 28.4. The van der Waals surface area contributed by atoms with Crippen molar-refractivity contribution in [1.29, 1.82) is 0 Å². The second kappa shape index (κ2) is 14.0. The van der Waals surface area contributed by atoms with Crippen LogP contribution in [0.15, 0.2) is 113 Å². The number of carbonyl (C=O) groups excluding carboxylic acids is 1. The summed E-state index contributed by atoms with van der Waals surface area (Å²) in [6.45, 7) is 0.469. The van der Waals surface area contributed by atoms with Crippen molar-refractivity contribution < 1.29 is 19.0 Å². The molecule has 5 aromatic rings. The van der Waals surface area contributed by atoms with E-state index in [2.05, 4.69) is 20.7 Å². The molecule has 212 valence electrons. The highest BCUT2D eigenvalue weighted by atomic mass is 32.2. The molecule has 0 radical (unpaired) electrons. The van der Waals surface area contributed by atoms with Crippen LogP contribution < -0.4 is 19.6 Å². The van der Waals surface area contributed by atoms with Gasteiger partial charge in [-0.3, -0.25) is 9.36 Å². The standard InChI is InChI=1S/C32H29N5O4S/c1-39-27-15-11-25(12-16-27)31-35-36-32(37(31)26-13-17-28(40-2)18-14-26)42-22-30(38)34-33-20-24-9-6-10-29(19-24)41-21-23-7-4-3-5-8-23/h3-20H,21-22H2,1-2H3,(H,34,38)/b33-20+. The van der Waals surface area contributed by atoms with Crippen LogP contribution in [0.2, 0.25) is 0 Å². The van der Waals surface area contributed by atoms with Gasteiger partial charge in [0.2, 0.25) is 0 Å². The van der Waals surface area contributed by atoms with E-state index in [1.807, 2.05) is 108 Å². The van der Waals surface area contributed by atoms with Gasteiger partial charge in [-0.25, -0.2) is 5.43 Å². The van der Waals surface area contributed by atoms with Gasteiger partial charge < -0.3 is 14.2 Å². The predicted molar refractivity (Wildman–Crippen MR) is 164 cm³/mol. The largest absolute Gasteiger partial charge is 0.497 e. The van der Waals surface area contributed by atoms with E-state index in [1.54, 1.807) is 20.4 Å². The third-order valence-corrected chi connectivity index (χ3v) is 7.08. The number of thioether (sulfide) groups is 1. The van der Waals surface area contributed by atoms with Gasteiger partial charge in [-0.05, 0) is 71.8 Å². The van der Waals surface area contributed by atoms with Crippen LogP contribution in [-0.2, 0) is 11.4 Å². The summed E-state index contributed by atoms with van der Waals surface area (Å²) in [4.78, 5) is 12.7. The second-order valence-corrected chi connectivity index (χ2v) is 9.94. The van der Waals surface area contributed by atoms with Crippen LogP contribution in [0.25, 0.3) is 17.1 Å². The number of rotatable bonds is 12. The molecule has 0 unspecified atom stereocenters. The highest BCUT2D eigenvalue weighted by molar-refractivity contribution is 7.99. The zero-order valence-corrected chi connectivity index (χ0v) is 24.0. The number of hydrogen-bond acceptors (Lipinski definition) is 8. The van der Waals surface area contributed by atoms with Crippen LogP contribution in [-0.4, -0.2) is 46.9 Å².